The quantitative estimate of drug-likeness (QED) is 0.912. The van der Waals surface area contributed by atoms with Crippen LogP contribution in [0.5, 0.6) is 0 Å². The van der Waals surface area contributed by atoms with Crippen molar-refractivity contribution in [1.29, 1.82) is 0 Å². The minimum absolute atomic E-state index is 0.452. The Labute approximate surface area is 113 Å². The van der Waals surface area contributed by atoms with Crippen LogP contribution < -0.4 is 0 Å². The van der Waals surface area contributed by atoms with Crippen LogP contribution in [0.25, 0.3) is 0 Å². The van der Waals surface area contributed by atoms with Gasteiger partial charge in [0.15, 0.2) is 0 Å². The molecule has 2 rings (SSSR count). The zero-order chi connectivity index (χ0) is 14.0. The van der Waals surface area contributed by atoms with Gasteiger partial charge in [-0.15, -0.1) is 0 Å². The van der Waals surface area contributed by atoms with Crippen molar-refractivity contribution in [3.05, 3.63) is 58.4 Å². The monoisotopic (exact) mass is 257 g/mol. The zero-order valence-electron chi connectivity index (χ0n) is 11.6. The average Bonchev–Trinajstić information content (AvgIpc) is 2.62. The first kappa shape index (κ1) is 13.4. The maximum absolute atomic E-state index is 11.4. The third kappa shape index (κ3) is 2.41. The molecule has 0 radical (unpaired) electrons. The number of benzene rings is 1. The molecule has 1 aromatic heterocycles. The number of hydrogen-bond acceptors (Lipinski definition) is 1. The molecule has 1 aromatic carbocycles. The van der Waals surface area contributed by atoms with E-state index in [1.807, 2.05) is 32.0 Å². The molecule has 0 bridgehead atoms. The van der Waals surface area contributed by atoms with E-state index in [0.717, 1.165) is 29.9 Å². The van der Waals surface area contributed by atoms with E-state index in [4.69, 9.17) is 0 Å². The lowest BCUT2D eigenvalue weighted by atomic mass is 10.1. The number of nitrogens with zero attached hydrogens (tertiary/aromatic N) is 1. The molecule has 0 amide bonds. The van der Waals surface area contributed by atoms with Gasteiger partial charge in [-0.25, -0.2) is 4.79 Å². The van der Waals surface area contributed by atoms with E-state index in [0.29, 0.717) is 5.56 Å². The zero-order valence-corrected chi connectivity index (χ0v) is 11.6. The highest BCUT2D eigenvalue weighted by Crippen LogP contribution is 2.24. The van der Waals surface area contributed by atoms with Gasteiger partial charge in [0.25, 0.3) is 0 Å². The van der Waals surface area contributed by atoms with Crippen LogP contribution in [-0.2, 0) is 13.0 Å². The lowest BCUT2D eigenvalue weighted by Gasteiger charge is -2.11. The molecule has 0 saturated heterocycles. The Balaban J connectivity index is 2.51. The Bertz CT molecular complexity index is 597. The number of aromatic carboxylic acids is 1. The molecular formula is C16H19NO2. The van der Waals surface area contributed by atoms with Gasteiger partial charge in [-0.3, -0.25) is 0 Å². The highest BCUT2D eigenvalue weighted by atomic mass is 16.4. The van der Waals surface area contributed by atoms with Crippen molar-refractivity contribution in [1.82, 2.24) is 4.57 Å². The van der Waals surface area contributed by atoms with Crippen molar-refractivity contribution in [3.8, 4) is 0 Å². The molecule has 0 spiro atoms. The molecule has 1 heterocycles. The van der Waals surface area contributed by atoms with E-state index in [1.165, 1.54) is 5.56 Å². The number of carboxylic acids is 1. The molecule has 100 valence electrons. The number of aromatic nitrogens is 1. The molecule has 2 aromatic rings. The summed E-state index contributed by atoms with van der Waals surface area (Å²) < 4.78 is 2.12. The molecule has 0 unspecified atom stereocenters. The van der Waals surface area contributed by atoms with E-state index >= 15 is 0 Å². The van der Waals surface area contributed by atoms with Crippen molar-refractivity contribution in [2.45, 2.75) is 33.7 Å². The number of carboxylic acid groups (broad SMARTS) is 1. The Morgan fingerprint density at radius 3 is 2.37 bits per heavy atom. The molecule has 0 aliphatic rings. The van der Waals surface area contributed by atoms with Gasteiger partial charge in [0, 0.05) is 17.9 Å². The Hall–Kier alpha value is -2.03. The van der Waals surface area contributed by atoms with Gasteiger partial charge >= 0.3 is 5.97 Å². The van der Waals surface area contributed by atoms with E-state index in [-0.39, 0.29) is 0 Å². The summed E-state index contributed by atoms with van der Waals surface area (Å²) in [5, 5.41) is 9.33. The number of hydrogen-bond donors (Lipinski definition) is 1. The number of carbonyl (C=O) groups is 1. The van der Waals surface area contributed by atoms with Crippen LogP contribution in [0.4, 0.5) is 0 Å². The second-order valence-corrected chi connectivity index (χ2v) is 4.76. The second-order valence-electron chi connectivity index (χ2n) is 4.76. The van der Waals surface area contributed by atoms with Gasteiger partial charge in [-0.05, 0) is 31.4 Å². The maximum atomic E-state index is 11.4. The van der Waals surface area contributed by atoms with Crippen LogP contribution in [0.2, 0.25) is 0 Å². The van der Waals surface area contributed by atoms with E-state index in [1.54, 1.807) is 0 Å². The standard InChI is InChI=1S/C16H19NO2/c1-4-14-11(2)15(16(18)19)12(3)17(14)10-13-8-6-5-7-9-13/h5-9H,4,10H2,1-3H3,(H,18,19). The molecule has 1 N–H and O–H groups in total. The molecular weight excluding hydrogens is 238 g/mol. The lowest BCUT2D eigenvalue weighted by Crippen LogP contribution is -2.07. The summed E-state index contributed by atoms with van der Waals surface area (Å²) in [4.78, 5) is 11.4. The maximum Gasteiger partial charge on any atom is 0.337 e. The first-order valence-electron chi connectivity index (χ1n) is 6.52. The lowest BCUT2D eigenvalue weighted by molar-refractivity contribution is 0.0695. The highest BCUT2D eigenvalue weighted by molar-refractivity contribution is 5.91. The first-order chi connectivity index (χ1) is 9.06. The van der Waals surface area contributed by atoms with Crippen LogP contribution in [0.15, 0.2) is 30.3 Å². The Kier molecular flexibility index (Phi) is 3.74. The molecule has 0 aliphatic heterocycles. The molecule has 3 nitrogen and oxygen atoms in total. The normalized spacial score (nSPS) is 10.7. The second kappa shape index (κ2) is 5.31. The van der Waals surface area contributed by atoms with Gasteiger partial charge in [0.2, 0.25) is 0 Å². The molecule has 19 heavy (non-hydrogen) atoms. The van der Waals surface area contributed by atoms with Gasteiger partial charge in [0.05, 0.1) is 5.56 Å². The molecule has 0 saturated carbocycles. The third-order valence-corrected chi connectivity index (χ3v) is 3.63. The SMILES string of the molecule is CCc1c(C)c(C(=O)O)c(C)n1Cc1ccccc1. The predicted molar refractivity (Wildman–Crippen MR) is 75.8 cm³/mol. The Morgan fingerprint density at radius 1 is 1.21 bits per heavy atom. The summed E-state index contributed by atoms with van der Waals surface area (Å²) in [7, 11) is 0. The van der Waals surface area contributed by atoms with Crippen molar-refractivity contribution >= 4 is 5.97 Å². The van der Waals surface area contributed by atoms with Crippen molar-refractivity contribution < 1.29 is 9.90 Å². The predicted octanol–water partition coefficient (Wildman–Crippen LogP) is 3.41. The van der Waals surface area contributed by atoms with E-state index < -0.39 is 5.97 Å². The first-order valence-corrected chi connectivity index (χ1v) is 6.52. The van der Waals surface area contributed by atoms with Crippen LogP contribution >= 0.6 is 0 Å². The summed E-state index contributed by atoms with van der Waals surface area (Å²) in [5.74, 6) is -0.837. The van der Waals surface area contributed by atoms with Gasteiger partial charge in [0.1, 0.15) is 0 Å². The fourth-order valence-electron chi connectivity index (χ4n) is 2.71. The minimum Gasteiger partial charge on any atom is -0.478 e. The topological polar surface area (TPSA) is 42.2 Å². The summed E-state index contributed by atoms with van der Waals surface area (Å²) in [6.45, 7) is 6.58. The van der Waals surface area contributed by atoms with Crippen LogP contribution in [0, 0.1) is 13.8 Å². The molecule has 3 heteroatoms. The molecule has 0 atom stereocenters. The van der Waals surface area contributed by atoms with Crippen LogP contribution in [-0.4, -0.2) is 15.6 Å². The third-order valence-electron chi connectivity index (χ3n) is 3.63. The summed E-state index contributed by atoms with van der Waals surface area (Å²) >= 11 is 0. The van der Waals surface area contributed by atoms with E-state index in [2.05, 4.69) is 23.6 Å². The Morgan fingerprint density at radius 2 is 1.84 bits per heavy atom. The van der Waals surface area contributed by atoms with Crippen LogP contribution in [0.3, 0.4) is 0 Å². The average molecular weight is 257 g/mol. The fraction of sp³-hybridized carbons (Fsp3) is 0.312. The van der Waals surface area contributed by atoms with E-state index in [9.17, 15) is 9.90 Å². The summed E-state index contributed by atoms with van der Waals surface area (Å²) in [6, 6.07) is 10.1. The summed E-state index contributed by atoms with van der Waals surface area (Å²) in [5.41, 5.74) is 4.48. The van der Waals surface area contributed by atoms with Gasteiger partial charge in [-0.1, -0.05) is 37.3 Å². The largest absolute Gasteiger partial charge is 0.478 e. The molecule has 0 fully saturated rings. The van der Waals surface area contributed by atoms with Crippen molar-refractivity contribution in [2.75, 3.05) is 0 Å². The van der Waals surface area contributed by atoms with Crippen molar-refractivity contribution in [2.24, 2.45) is 0 Å². The summed E-state index contributed by atoms with van der Waals surface area (Å²) in [6.07, 6.45) is 0.840. The number of rotatable bonds is 4. The van der Waals surface area contributed by atoms with Gasteiger partial charge < -0.3 is 9.67 Å². The highest BCUT2D eigenvalue weighted by Gasteiger charge is 2.20. The van der Waals surface area contributed by atoms with Crippen LogP contribution in [0.1, 0.15) is 39.8 Å². The van der Waals surface area contributed by atoms with Crippen molar-refractivity contribution in [3.63, 3.8) is 0 Å². The smallest absolute Gasteiger partial charge is 0.337 e. The van der Waals surface area contributed by atoms with Gasteiger partial charge in [-0.2, -0.15) is 0 Å². The fourth-order valence-corrected chi connectivity index (χ4v) is 2.71. The minimum atomic E-state index is -0.837. The molecule has 0 aliphatic carbocycles.